The molecule has 0 aliphatic heterocycles. The topological polar surface area (TPSA) is 12.9 Å². The van der Waals surface area contributed by atoms with E-state index < -0.39 is 0 Å². The molecule has 13 heavy (non-hydrogen) atoms. The van der Waals surface area contributed by atoms with Gasteiger partial charge < -0.3 is 0 Å². The summed E-state index contributed by atoms with van der Waals surface area (Å²) in [5.41, 5.74) is 5.16. The largest absolute Gasteiger partial charge is 0.255 e. The molecular weight excluding hydrogens is 182 g/mol. The molecule has 0 fully saturated rings. The predicted octanol–water partition coefficient (Wildman–Crippen LogP) is 3.09. The predicted molar refractivity (Wildman–Crippen MR) is 53.7 cm³/mol. The highest BCUT2D eigenvalue weighted by Crippen LogP contribution is 2.51. The van der Waals surface area contributed by atoms with Crippen molar-refractivity contribution in [1.29, 1.82) is 0 Å². The van der Waals surface area contributed by atoms with Crippen molar-refractivity contribution in [2.24, 2.45) is 0 Å². The summed E-state index contributed by atoms with van der Waals surface area (Å²) in [6.07, 6.45) is 4.81. The molecule has 0 saturated heterocycles. The van der Waals surface area contributed by atoms with Crippen molar-refractivity contribution < 1.29 is 0 Å². The quantitative estimate of drug-likeness (QED) is 0.622. The summed E-state index contributed by atoms with van der Waals surface area (Å²) < 4.78 is 0. The zero-order valence-corrected chi connectivity index (χ0v) is 8.01. The van der Waals surface area contributed by atoms with Crippen LogP contribution in [0.25, 0.3) is 5.57 Å². The van der Waals surface area contributed by atoms with Gasteiger partial charge in [0.1, 0.15) is 0 Å². The fraction of sp³-hybridized carbons (Fsp3) is 0.364. The minimum atomic E-state index is 0.527. The lowest BCUT2D eigenvalue weighted by molar-refractivity contribution is 0.740. The van der Waals surface area contributed by atoms with Gasteiger partial charge in [-0.25, -0.2) is 0 Å². The highest BCUT2D eigenvalue weighted by molar-refractivity contribution is 6.16. The smallest absolute Gasteiger partial charge is 0.0647 e. The fourth-order valence-electron chi connectivity index (χ4n) is 2.31. The van der Waals surface area contributed by atoms with Gasteiger partial charge in [0.05, 0.1) is 17.3 Å². The molecule has 0 amide bonds. The van der Waals surface area contributed by atoms with Crippen molar-refractivity contribution >= 4 is 17.2 Å². The summed E-state index contributed by atoms with van der Waals surface area (Å²) in [6.45, 7) is 0. The molecule has 1 atom stereocenters. The van der Waals surface area contributed by atoms with Gasteiger partial charge in [0.15, 0.2) is 0 Å². The number of hydrogen-bond acceptors (Lipinski definition) is 1. The van der Waals surface area contributed by atoms with Crippen LogP contribution >= 0.6 is 11.6 Å². The SMILES string of the molecule is ClCc1ccc2c(n1)C1CCC=C21. The molecule has 0 bridgehead atoms. The Morgan fingerprint density at radius 2 is 2.38 bits per heavy atom. The van der Waals surface area contributed by atoms with Crippen LogP contribution in [0.5, 0.6) is 0 Å². The van der Waals surface area contributed by atoms with Crippen molar-refractivity contribution in [3.63, 3.8) is 0 Å². The maximum atomic E-state index is 5.74. The Morgan fingerprint density at radius 1 is 1.46 bits per heavy atom. The van der Waals surface area contributed by atoms with Crippen LogP contribution in [0.15, 0.2) is 18.2 Å². The van der Waals surface area contributed by atoms with E-state index in [2.05, 4.69) is 17.1 Å². The van der Waals surface area contributed by atoms with Gasteiger partial charge in [-0.1, -0.05) is 12.1 Å². The minimum absolute atomic E-state index is 0.527. The number of fused-ring (bicyclic) bond motifs is 4. The first kappa shape index (κ1) is 7.57. The molecule has 0 saturated carbocycles. The average Bonchev–Trinajstić information content (AvgIpc) is 2.57. The van der Waals surface area contributed by atoms with Crippen LogP contribution in [-0.4, -0.2) is 4.98 Å². The van der Waals surface area contributed by atoms with E-state index in [1.54, 1.807) is 0 Å². The Kier molecular flexibility index (Phi) is 1.50. The standard InChI is InChI=1S/C11H10ClN/c12-6-7-4-5-10-8-2-1-3-9(8)11(10)13-7/h2,4-5,9H,1,3,6H2. The van der Waals surface area contributed by atoms with Gasteiger partial charge in [0, 0.05) is 11.5 Å². The zero-order chi connectivity index (χ0) is 8.84. The molecule has 2 aliphatic carbocycles. The number of rotatable bonds is 1. The van der Waals surface area contributed by atoms with E-state index in [4.69, 9.17) is 11.6 Å². The van der Waals surface area contributed by atoms with Crippen LogP contribution in [0.3, 0.4) is 0 Å². The van der Waals surface area contributed by atoms with Crippen molar-refractivity contribution in [2.75, 3.05) is 0 Å². The second kappa shape index (κ2) is 2.58. The Labute approximate surface area is 82.4 Å². The first-order chi connectivity index (χ1) is 6.40. The van der Waals surface area contributed by atoms with E-state index in [-0.39, 0.29) is 0 Å². The van der Waals surface area contributed by atoms with Gasteiger partial charge in [-0.3, -0.25) is 4.98 Å². The first-order valence-electron chi connectivity index (χ1n) is 4.66. The lowest BCUT2D eigenvalue weighted by Crippen LogP contribution is -2.15. The highest BCUT2D eigenvalue weighted by atomic mass is 35.5. The summed E-state index contributed by atoms with van der Waals surface area (Å²) in [5, 5.41) is 0. The number of allylic oxidation sites excluding steroid dienone is 2. The Bertz CT molecular complexity index is 395. The van der Waals surface area contributed by atoms with Gasteiger partial charge in [-0.2, -0.15) is 0 Å². The van der Waals surface area contributed by atoms with E-state index in [1.165, 1.54) is 29.7 Å². The van der Waals surface area contributed by atoms with Gasteiger partial charge in [0.2, 0.25) is 0 Å². The number of pyridine rings is 1. The summed E-state index contributed by atoms with van der Waals surface area (Å²) in [4.78, 5) is 4.55. The highest BCUT2D eigenvalue weighted by Gasteiger charge is 2.35. The summed E-state index contributed by atoms with van der Waals surface area (Å²) in [7, 11) is 0. The van der Waals surface area contributed by atoms with Crippen molar-refractivity contribution in [2.45, 2.75) is 24.6 Å². The monoisotopic (exact) mass is 191 g/mol. The van der Waals surface area contributed by atoms with Crippen LogP contribution in [0.2, 0.25) is 0 Å². The lowest BCUT2D eigenvalue weighted by Gasteiger charge is -2.28. The second-order valence-corrected chi connectivity index (χ2v) is 3.93. The van der Waals surface area contributed by atoms with Gasteiger partial charge >= 0.3 is 0 Å². The summed E-state index contributed by atoms with van der Waals surface area (Å²) in [5.74, 6) is 1.16. The van der Waals surface area contributed by atoms with Gasteiger partial charge in [-0.15, -0.1) is 11.6 Å². The number of halogens is 1. The molecule has 1 nitrogen and oxygen atoms in total. The molecule has 1 unspecified atom stereocenters. The van der Waals surface area contributed by atoms with E-state index in [0.717, 1.165) is 5.69 Å². The Morgan fingerprint density at radius 3 is 3.23 bits per heavy atom. The number of alkyl halides is 1. The molecule has 1 aromatic rings. The number of nitrogens with zero attached hydrogens (tertiary/aromatic N) is 1. The second-order valence-electron chi connectivity index (χ2n) is 3.66. The molecule has 66 valence electrons. The van der Waals surface area contributed by atoms with Crippen LogP contribution in [0, 0.1) is 0 Å². The summed E-state index contributed by atoms with van der Waals surface area (Å²) >= 11 is 5.74. The molecule has 0 N–H and O–H groups in total. The van der Waals surface area contributed by atoms with E-state index in [0.29, 0.717) is 11.8 Å². The third-order valence-electron chi connectivity index (χ3n) is 2.96. The number of aromatic nitrogens is 1. The Hall–Kier alpha value is -0.820. The average molecular weight is 192 g/mol. The van der Waals surface area contributed by atoms with E-state index in [9.17, 15) is 0 Å². The lowest BCUT2D eigenvalue weighted by atomic mass is 9.78. The van der Waals surface area contributed by atoms with Crippen molar-refractivity contribution in [1.82, 2.24) is 4.98 Å². The van der Waals surface area contributed by atoms with E-state index >= 15 is 0 Å². The maximum absolute atomic E-state index is 5.74. The summed E-state index contributed by atoms with van der Waals surface area (Å²) in [6, 6.07) is 4.19. The molecule has 0 spiro atoms. The van der Waals surface area contributed by atoms with Crippen LogP contribution in [0.4, 0.5) is 0 Å². The molecule has 1 aromatic heterocycles. The molecular formula is C11H10ClN. The first-order valence-corrected chi connectivity index (χ1v) is 5.20. The third-order valence-corrected chi connectivity index (χ3v) is 3.23. The van der Waals surface area contributed by atoms with Crippen LogP contribution in [0.1, 0.15) is 35.7 Å². The molecule has 1 heterocycles. The minimum Gasteiger partial charge on any atom is -0.255 e. The Balaban J connectivity index is 2.11. The van der Waals surface area contributed by atoms with Crippen molar-refractivity contribution in [3.8, 4) is 0 Å². The third kappa shape index (κ3) is 0.910. The molecule has 3 rings (SSSR count). The maximum Gasteiger partial charge on any atom is 0.0647 e. The molecule has 0 aromatic carbocycles. The molecule has 0 radical (unpaired) electrons. The van der Waals surface area contributed by atoms with Crippen molar-refractivity contribution in [3.05, 3.63) is 35.2 Å². The van der Waals surface area contributed by atoms with Crippen LogP contribution in [-0.2, 0) is 5.88 Å². The van der Waals surface area contributed by atoms with Gasteiger partial charge in [-0.05, 0) is 24.5 Å². The number of hydrogen-bond donors (Lipinski definition) is 0. The van der Waals surface area contributed by atoms with Gasteiger partial charge in [0.25, 0.3) is 0 Å². The van der Waals surface area contributed by atoms with E-state index in [1.807, 2.05) is 6.07 Å². The zero-order valence-electron chi connectivity index (χ0n) is 7.26. The van der Waals surface area contributed by atoms with Crippen LogP contribution < -0.4 is 0 Å². The fourth-order valence-corrected chi connectivity index (χ4v) is 2.46. The normalized spacial score (nSPS) is 23.2. The molecule has 2 heteroatoms. The molecule has 2 aliphatic rings.